The van der Waals surface area contributed by atoms with Gasteiger partial charge in [0.2, 0.25) is 10.0 Å². The first-order valence-electron chi connectivity index (χ1n) is 10.1. The van der Waals surface area contributed by atoms with Gasteiger partial charge in [0.1, 0.15) is 18.2 Å². The number of ether oxygens (including phenoxy) is 1. The molecule has 3 aromatic carbocycles. The Morgan fingerprint density at radius 1 is 1.06 bits per heavy atom. The van der Waals surface area contributed by atoms with Gasteiger partial charge < -0.3 is 4.74 Å². The molecule has 1 heterocycles. The van der Waals surface area contributed by atoms with Crippen molar-refractivity contribution < 1.29 is 30.7 Å². The van der Waals surface area contributed by atoms with Crippen LogP contribution < -0.4 is 9.46 Å². The van der Waals surface area contributed by atoms with Crippen molar-refractivity contribution in [2.45, 2.75) is 24.0 Å². The van der Waals surface area contributed by atoms with Gasteiger partial charge in [-0.1, -0.05) is 6.07 Å². The summed E-state index contributed by atoms with van der Waals surface area (Å²) in [7, 11) is -4.18. The predicted molar refractivity (Wildman–Crippen MR) is 118 cm³/mol. The molecular formula is C23H19F4N3O3S. The molecule has 178 valence electrons. The van der Waals surface area contributed by atoms with E-state index in [-0.39, 0.29) is 12.4 Å². The van der Waals surface area contributed by atoms with E-state index in [1.54, 1.807) is 41.2 Å². The number of alkyl halides is 3. The lowest BCUT2D eigenvalue weighted by Gasteiger charge is -2.16. The Morgan fingerprint density at radius 2 is 1.79 bits per heavy atom. The van der Waals surface area contributed by atoms with Gasteiger partial charge in [-0.3, -0.25) is 0 Å². The van der Waals surface area contributed by atoms with Crippen LogP contribution in [0.4, 0.5) is 17.6 Å². The second-order valence-corrected chi connectivity index (χ2v) is 9.33. The maximum Gasteiger partial charge on any atom is 0.416 e. The Morgan fingerprint density at radius 3 is 2.50 bits per heavy atom. The van der Waals surface area contributed by atoms with Gasteiger partial charge in [0.15, 0.2) is 0 Å². The molecule has 0 bridgehead atoms. The molecule has 11 heteroatoms. The number of fused-ring (bicyclic) bond motifs is 1. The molecule has 1 atom stereocenters. The summed E-state index contributed by atoms with van der Waals surface area (Å²) in [6.45, 7) is 1.48. The fourth-order valence-corrected chi connectivity index (χ4v) is 4.59. The van der Waals surface area contributed by atoms with Crippen LogP contribution in [0.25, 0.3) is 16.6 Å². The van der Waals surface area contributed by atoms with Crippen molar-refractivity contribution in [3.63, 3.8) is 0 Å². The molecule has 0 fully saturated rings. The van der Waals surface area contributed by atoms with Gasteiger partial charge >= 0.3 is 6.18 Å². The lowest BCUT2D eigenvalue weighted by molar-refractivity contribution is -0.137. The van der Waals surface area contributed by atoms with Crippen molar-refractivity contribution in [1.82, 2.24) is 14.5 Å². The molecule has 4 rings (SSSR count). The highest BCUT2D eigenvalue weighted by Gasteiger charge is 2.31. The molecule has 34 heavy (non-hydrogen) atoms. The molecule has 0 saturated carbocycles. The minimum Gasteiger partial charge on any atom is -0.492 e. The van der Waals surface area contributed by atoms with Crippen molar-refractivity contribution in [1.29, 1.82) is 0 Å². The standard InChI is InChI=1S/C23H19F4N3O3S/c1-15(29-34(31,32)21-4-2-3-17(12-21)23(25,26)27)14-33-20-9-10-22-16(11-20)13-28-30(22)19-7-5-18(24)6-8-19/h2-13,15,29H,14H2,1H3/t15-/m0/s1. The molecule has 1 N–H and O–H groups in total. The predicted octanol–water partition coefficient (Wildman–Crippen LogP) is 4.93. The SMILES string of the molecule is C[C@@H](COc1ccc2c(cnn2-c2ccc(F)cc2)c1)NS(=O)(=O)c1cccc(C(F)(F)F)c1. The van der Waals surface area contributed by atoms with Crippen LogP contribution in [0, 0.1) is 5.82 Å². The van der Waals surface area contributed by atoms with Crippen LogP contribution in [-0.2, 0) is 16.2 Å². The molecular weight excluding hydrogens is 474 g/mol. The minimum absolute atomic E-state index is 0.0597. The molecule has 0 aliphatic carbocycles. The van der Waals surface area contributed by atoms with Gasteiger partial charge in [-0.15, -0.1) is 0 Å². The summed E-state index contributed by atoms with van der Waals surface area (Å²) in [6.07, 6.45) is -3.03. The largest absolute Gasteiger partial charge is 0.492 e. The molecule has 6 nitrogen and oxygen atoms in total. The summed E-state index contributed by atoms with van der Waals surface area (Å²) in [5.41, 5.74) is 0.397. The van der Waals surface area contributed by atoms with E-state index in [1.807, 2.05) is 0 Å². The summed E-state index contributed by atoms with van der Waals surface area (Å²) >= 11 is 0. The van der Waals surface area contributed by atoms with Crippen molar-refractivity contribution >= 4 is 20.9 Å². The van der Waals surface area contributed by atoms with Gasteiger partial charge in [0.05, 0.1) is 33.9 Å². The van der Waals surface area contributed by atoms with Crippen molar-refractivity contribution in [3.05, 3.63) is 84.3 Å². The van der Waals surface area contributed by atoms with E-state index < -0.39 is 32.7 Å². The van der Waals surface area contributed by atoms with Gasteiger partial charge in [0.25, 0.3) is 0 Å². The number of aromatic nitrogens is 2. The van der Waals surface area contributed by atoms with Gasteiger partial charge in [-0.2, -0.15) is 18.3 Å². The van der Waals surface area contributed by atoms with Crippen LogP contribution in [0.2, 0.25) is 0 Å². The highest BCUT2D eigenvalue weighted by molar-refractivity contribution is 7.89. The van der Waals surface area contributed by atoms with Crippen LogP contribution in [0.15, 0.2) is 77.8 Å². The molecule has 1 aromatic heterocycles. The molecule has 0 unspecified atom stereocenters. The van der Waals surface area contributed by atoms with Gasteiger partial charge in [0, 0.05) is 5.39 Å². The van der Waals surface area contributed by atoms with Crippen molar-refractivity contribution in [2.24, 2.45) is 0 Å². The number of halogens is 4. The lowest BCUT2D eigenvalue weighted by Crippen LogP contribution is -2.36. The first kappa shape index (κ1) is 23.7. The number of hydrogen-bond acceptors (Lipinski definition) is 4. The normalized spacial score (nSPS) is 13.2. The summed E-state index contributed by atoms with van der Waals surface area (Å²) < 4.78 is 86.5. The smallest absolute Gasteiger partial charge is 0.416 e. The van der Waals surface area contributed by atoms with Crippen LogP contribution in [0.5, 0.6) is 5.75 Å². The number of nitrogens with one attached hydrogen (secondary N) is 1. The van der Waals surface area contributed by atoms with E-state index in [9.17, 15) is 26.0 Å². The molecule has 0 saturated heterocycles. The average Bonchev–Trinajstić information content (AvgIpc) is 3.21. The maximum atomic E-state index is 13.2. The first-order chi connectivity index (χ1) is 16.0. The summed E-state index contributed by atoms with van der Waals surface area (Å²) in [4.78, 5) is -0.483. The first-order valence-corrected chi connectivity index (χ1v) is 11.6. The third-order valence-electron chi connectivity index (χ3n) is 4.94. The van der Waals surface area contributed by atoms with Gasteiger partial charge in [-0.25, -0.2) is 22.2 Å². The Balaban J connectivity index is 1.43. The molecule has 0 aliphatic heterocycles. The second-order valence-electron chi connectivity index (χ2n) is 7.61. The van der Waals surface area contributed by atoms with E-state index in [0.717, 1.165) is 29.1 Å². The highest BCUT2D eigenvalue weighted by Crippen LogP contribution is 2.30. The zero-order valence-electron chi connectivity index (χ0n) is 17.8. The van der Waals surface area contributed by atoms with E-state index in [2.05, 4.69) is 9.82 Å². The second kappa shape index (κ2) is 9.07. The number of sulfonamides is 1. The fraction of sp³-hybridized carbons (Fsp3) is 0.174. The van der Waals surface area contributed by atoms with E-state index in [4.69, 9.17) is 4.74 Å². The van der Waals surface area contributed by atoms with E-state index >= 15 is 0 Å². The van der Waals surface area contributed by atoms with Crippen molar-refractivity contribution in [3.8, 4) is 11.4 Å². The number of benzene rings is 3. The Bertz CT molecular complexity index is 1420. The topological polar surface area (TPSA) is 73.2 Å². The Labute approximate surface area is 192 Å². The van der Waals surface area contributed by atoms with Crippen LogP contribution >= 0.6 is 0 Å². The lowest BCUT2D eigenvalue weighted by atomic mass is 10.2. The zero-order valence-corrected chi connectivity index (χ0v) is 18.6. The monoisotopic (exact) mass is 493 g/mol. The quantitative estimate of drug-likeness (QED) is 0.371. The average molecular weight is 493 g/mol. The third-order valence-corrected chi connectivity index (χ3v) is 6.53. The number of rotatable bonds is 7. The van der Waals surface area contributed by atoms with Crippen molar-refractivity contribution in [2.75, 3.05) is 6.61 Å². The molecule has 0 aliphatic rings. The maximum absolute atomic E-state index is 13.2. The number of nitrogens with zero attached hydrogens (tertiary/aromatic N) is 2. The number of hydrogen-bond donors (Lipinski definition) is 1. The molecule has 4 aromatic rings. The van der Waals surface area contributed by atoms with Gasteiger partial charge in [-0.05, 0) is 67.6 Å². The Kier molecular flexibility index (Phi) is 6.32. The zero-order chi connectivity index (χ0) is 24.5. The van der Waals surface area contributed by atoms with Crippen LogP contribution in [0.3, 0.4) is 0 Å². The minimum atomic E-state index is -4.65. The van der Waals surface area contributed by atoms with E-state index in [0.29, 0.717) is 17.5 Å². The van der Waals surface area contributed by atoms with Crippen LogP contribution in [0.1, 0.15) is 12.5 Å². The Hall–Kier alpha value is -3.44. The molecule has 0 spiro atoms. The summed E-state index contributed by atoms with van der Waals surface area (Å²) in [6, 6.07) is 13.8. The fourth-order valence-electron chi connectivity index (χ4n) is 3.32. The highest BCUT2D eigenvalue weighted by atomic mass is 32.2. The summed E-state index contributed by atoms with van der Waals surface area (Å²) in [5.74, 6) is 0.102. The molecule has 0 amide bonds. The summed E-state index contributed by atoms with van der Waals surface area (Å²) in [5, 5.41) is 5.05. The third kappa shape index (κ3) is 5.20. The van der Waals surface area contributed by atoms with Crippen LogP contribution in [-0.4, -0.2) is 30.8 Å². The van der Waals surface area contributed by atoms with E-state index in [1.165, 1.54) is 19.1 Å². The molecule has 0 radical (unpaired) electrons.